The molecule has 1 heterocycles. The first-order chi connectivity index (χ1) is 11.1. The molecule has 0 aromatic carbocycles. The number of carbonyl (C=O) groups excluding carboxylic acids is 2. The fourth-order valence-corrected chi connectivity index (χ4v) is 5.29. The highest BCUT2D eigenvalue weighted by atomic mass is 28.4. The third-order valence-corrected chi connectivity index (χ3v) is 6.47. The SMILES string of the molecule is CCCO[Si](CCCC1CC(=O)OC1=O)(OCCC)OCCC. The van der Waals surface area contributed by atoms with Crippen LogP contribution in [0, 0.1) is 5.92 Å². The van der Waals surface area contributed by atoms with Gasteiger partial charge in [-0.2, -0.15) is 0 Å². The van der Waals surface area contributed by atoms with Crippen LogP contribution in [0.4, 0.5) is 0 Å². The van der Waals surface area contributed by atoms with E-state index in [9.17, 15) is 9.59 Å². The van der Waals surface area contributed by atoms with Gasteiger partial charge in [-0.15, -0.1) is 0 Å². The summed E-state index contributed by atoms with van der Waals surface area (Å²) in [7, 11) is -2.71. The van der Waals surface area contributed by atoms with Crippen molar-refractivity contribution in [1.82, 2.24) is 0 Å². The van der Waals surface area contributed by atoms with Gasteiger partial charge in [0.15, 0.2) is 0 Å². The lowest BCUT2D eigenvalue weighted by Crippen LogP contribution is -2.46. The lowest BCUT2D eigenvalue weighted by Gasteiger charge is -2.29. The number of rotatable bonds is 13. The van der Waals surface area contributed by atoms with Crippen LogP contribution in [0.2, 0.25) is 6.04 Å². The summed E-state index contributed by atoms with van der Waals surface area (Å²) in [5.41, 5.74) is 0. The van der Waals surface area contributed by atoms with E-state index >= 15 is 0 Å². The zero-order valence-corrected chi connectivity index (χ0v) is 15.6. The molecule has 0 spiro atoms. The lowest BCUT2D eigenvalue weighted by molar-refractivity contribution is -0.153. The molecule has 23 heavy (non-hydrogen) atoms. The summed E-state index contributed by atoms with van der Waals surface area (Å²) in [4.78, 5) is 22.7. The van der Waals surface area contributed by atoms with E-state index in [1.165, 1.54) is 0 Å². The van der Waals surface area contributed by atoms with Crippen LogP contribution >= 0.6 is 0 Å². The van der Waals surface area contributed by atoms with Gasteiger partial charge in [-0.05, 0) is 32.1 Å². The summed E-state index contributed by atoms with van der Waals surface area (Å²) < 4.78 is 22.6. The summed E-state index contributed by atoms with van der Waals surface area (Å²) >= 11 is 0. The van der Waals surface area contributed by atoms with Crippen LogP contribution in [-0.2, 0) is 27.6 Å². The predicted molar refractivity (Wildman–Crippen MR) is 87.7 cm³/mol. The van der Waals surface area contributed by atoms with Crippen molar-refractivity contribution in [3.8, 4) is 0 Å². The molecule has 0 aliphatic carbocycles. The normalized spacial score (nSPS) is 18.5. The van der Waals surface area contributed by atoms with Crippen molar-refractivity contribution in [2.45, 2.75) is 65.3 Å². The first-order valence-corrected chi connectivity index (χ1v) is 10.7. The molecular formula is C16H30O6Si. The number of carbonyl (C=O) groups is 2. The molecule has 0 saturated carbocycles. The van der Waals surface area contributed by atoms with E-state index in [0.717, 1.165) is 25.7 Å². The second-order valence-corrected chi connectivity index (χ2v) is 8.55. The molecule has 0 bridgehead atoms. The molecule has 0 aromatic rings. The van der Waals surface area contributed by atoms with Gasteiger partial charge in [0.25, 0.3) is 0 Å². The molecule has 1 fully saturated rings. The topological polar surface area (TPSA) is 71.1 Å². The summed E-state index contributed by atoms with van der Waals surface area (Å²) in [5, 5.41) is 0. The van der Waals surface area contributed by atoms with E-state index in [2.05, 4.69) is 25.5 Å². The van der Waals surface area contributed by atoms with Crippen LogP contribution < -0.4 is 0 Å². The fraction of sp³-hybridized carbons (Fsp3) is 0.875. The van der Waals surface area contributed by atoms with Crippen LogP contribution in [0.15, 0.2) is 0 Å². The Morgan fingerprint density at radius 3 is 1.91 bits per heavy atom. The molecule has 1 rings (SSSR count). The van der Waals surface area contributed by atoms with Gasteiger partial charge in [0.05, 0.1) is 12.3 Å². The van der Waals surface area contributed by atoms with E-state index in [0.29, 0.717) is 32.3 Å². The number of ether oxygens (including phenoxy) is 1. The van der Waals surface area contributed by atoms with Crippen molar-refractivity contribution >= 4 is 20.7 Å². The minimum absolute atomic E-state index is 0.189. The maximum Gasteiger partial charge on any atom is 0.500 e. The van der Waals surface area contributed by atoms with Gasteiger partial charge in [-0.1, -0.05) is 20.8 Å². The van der Waals surface area contributed by atoms with E-state index in [1.54, 1.807) is 0 Å². The quantitative estimate of drug-likeness (QED) is 0.290. The third kappa shape index (κ3) is 7.11. The maximum atomic E-state index is 11.5. The van der Waals surface area contributed by atoms with Crippen molar-refractivity contribution in [3.63, 3.8) is 0 Å². The third-order valence-electron chi connectivity index (χ3n) is 3.57. The molecule has 7 heteroatoms. The van der Waals surface area contributed by atoms with Gasteiger partial charge in [0, 0.05) is 25.9 Å². The Kier molecular flexibility index (Phi) is 9.62. The molecule has 1 atom stereocenters. The highest BCUT2D eigenvalue weighted by Gasteiger charge is 2.41. The summed E-state index contributed by atoms with van der Waals surface area (Å²) in [6, 6.07) is 0.672. The van der Waals surface area contributed by atoms with Crippen LogP contribution in [0.1, 0.15) is 59.3 Å². The first-order valence-electron chi connectivity index (χ1n) is 8.73. The van der Waals surface area contributed by atoms with Gasteiger partial charge in [0.2, 0.25) is 0 Å². The minimum atomic E-state index is -2.71. The van der Waals surface area contributed by atoms with Gasteiger partial charge in [-0.3, -0.25) is 9.59 Å². The molecule has 0 N–H and O–H groups in total. The highest BCUT2D eigenvalue weighted by Crippen LogP contribution is 2.26. The second kappa shape index (κ2) is 10.9. The highest BCUT2D eigenvalue weighted by molar-refractivity contribution is 6.60. The molecule has 1 aliphatic heterocycles. The fourth-order valence-electron chi connectivity index (χ4n) is 2.42. The van der Waals surface area contributed by atoms with Crippen LogP contribution in [0.3, 0.4) is 0 Å². The first kappa shape index (κ1) is 20.3. The van der Waals surface area contributed by atoms with E-state index < -0.39 is 20.7 Å². The van der Waals surface area contributed by atoms with Gasteiger partial charge < -0.3 is 18.0 Å². The Bertz CT molecular complexity index is 352. The Morgan fingerprint density at radius 2 is 1.52 bits per heavy atom. The molecular weight excluding hydrogens is 316 g/mol. The number of cyclic esters (lactones) is 2. The average Bonchev–Trinajstić information content (AvgIpc) is 2.86. The minimum Gasteiger partial charge on any atom is -0.393 e. The Labute approximate surface area is 140 Å². The number of hydrogen-bond donors (Lipinski definition) is 0. The Morgan fingerprint density at radius 1 is 1.00 bits per heavy atom. The van der Waals surface area contributed by atoms with Crippen molar-refractivity contribution in [3.05, 3.63) is 0 Å². The second-order valence-electron chi connectivity index (χ2n) is 5.81. The molecule has 0 amide bonds. The van der Waals surface area contributed by atoms with E-state index in [1.807, 2.05) is 0 Å². The monoisotopic (exact) mass is 346 g/mol. The van der Waals surface area contributed by atoms with E-state index in [-0.39, 0.29) is 12.3 Å². The largest absolute Gasteiger partial charge is 0.500 e. The summed E-state index contributed by atoms with van der Waals surface area (Å²) in [5.74, 6) is -1.14. The van der Waals surface area contributed by atoms with Crippen molar-refractivity contribution in [1.29, 1.82) is 0 Å². The van der Waals surface area contributed by atoms with Gasteiger partial charge in [-0.25, -0.2) is 0 Å². The van der Waals surface area contributed by atoms with Crippen molar-refractivity contribution < 1.29 is 27.6 Å². The Hall–Kier alpha value is -0.763. The predicted octanol–water partition coefficient (Wildman–Crippen LogP) is 3.08. The number of esters is 2. The molecule has 1 aliphatic rings. The summed E-state index contributed by atoms with van der Waals surface area (Å²) in [6.07, 6.45) is 4.25. The lowest BCUT2D eigenvalue weighted by atomic mass is 10.0. The van der Waals surface area contributed by atoms with Crippen LogP contribution in [0.5, 0.6) is 0 Å². The molecule has 1 saturated heterocycles. The molecule has 0 radical (unpaired) electrons. The molecule has 134 valence electrons. The van der Waals surface area contributed by atoms with Crippen LogP contribution in [0.25, 0.3) is 0 Å². The maximum absolute atomic E-state index is 11.5. The Balaban J connectivity index is 2.57. The number of hydrogen-bond acceptors (Lipinski definition) is 6. The average molecular weight is 346 g/mol. The van der Waals surface area contributed by atoms with Crippen LogP contribution in [-0.4, -0.2) is 40.6 Å². The standard InChI is InChI=1S/C16H30O6Si/c1-4-9-19-23(20-10-5-2,21-11-6-3)12-7-8-14-13-15(17)22-16(14)18/h14H,4-13H2,1-3H3. The van der Waals surface area contributed by atoms with E-state index in [4.69, 9.17) is 13.3 Å². The zero-order chi connectivity index (χ0) is 17.1. The molecule has 1 unspecified atom stereocenters. The molecule has 0 aromatic heterocycles. The van der Waals surface area contributed by atoms with Crippen molar-refractivity contribution in [2.75, 3.05) is 19.8 Å². The smallest absolute Gasteiger partial charge is 0.393 e. The zero-order valence-electron chi connectivity index (χ0n) is 14.6. The van der Waals surface area contributed by atoms with Gasteiger partial charge >= 0.3 is 20.7 Å². The van der Waals surface area contributed by atoms with Crippen molar-refractivity contribution in [2.24, 2.45) is 5.92 Å². The molecule has 6 nitrogen and oxygen atoms in total. The van der Waals surface area contributed by atoms with Gasteiger partial charge in [0.1, 0.15) is 0 Å². The summed E-state index contributed by atoms with van der Waals surface area (Å²) in [6.45, 7) is 8.01.